The molecule has 0 unspecified atom stereocenters. The largest absolute Gasteiger partial charge is 0.324 e. The fourth-order valence-electron chi connectivity index (χ4n) is 3.83. The Hall–Kier alpha value is -2.50. The molecule has 1 saturated heterocycles. The second kappa shape index (κ2) is 9.62. The molecule has 0 aromatic heterocycles. The van der Waals surface area contributed by atoms with E-state index in [4.69, 9.17) is 0 Å². The Balaban J connectivity index is 1.74. The van der Waals surface area contributed by atoms with E-state index in [1.165, 1.54) is 13.3 Å². The number of benzene rings is 2. The Morgan fingerprint density at radius 2 is 1.93 bits per heavy atom. The SMILES string of the molecule is CCN1CCC[C@@H]1CN[C@H](C(=O)Nc1cccc(C(C)=O)c1)c1ccccc1. The fourth-order valence-corrected chi connectivity index (χ4v) is 3.83. The van der Waals surface area contributed by atoms with Crippen molar-refractivity contribution in [2.45, 2.75) is 38.8 Å². The number of Topliss-reactive ketones (excluding diaryl/α,β-unsaturated/α-hetero) is 1. The van der Waals surface area contributed by atoms with Crippen molar-refractivity contribution in [3.63, 3.8) is 0 Å². The lowest BCUT2D eigenvalue weighted by molar-refractivity contribution is -0.118. The van der Waals surface area contributed by atoms with Gasteiger partial charge in [-0.2, -0.15) is 0 Å². The number of carbonyl (C=O) groups is 2. The Morgan fingerprint density at radius 3 is 2.64 bits per heavy atom. The van der Waals surface area contributed by atoms with Gasteiger partial charge in [0.1, 0.15) is 6.04 Å². The molecule has 1 fully saturated rings. The van der Waals surface area contributed by atoms with E-state index < -0.39 is 6.04 Å². The van der Waals surface area contributed by atoms with E-state index in [2.05, 4.69) is 22.5 Å². The van der Waals surface area contributed by atoms with E-state index in [1.807, 2.05) is 36.4 Å². The van der Waals surface area contributed by atoms with Crippen LogP contribution in [0.4, 0.5) is 5.69 Å². The van der Waals surface area contributed by atoms with E-state index in [0.717, 1.165) is 31.6 Å². The van der Waals surface area contributed by atoms with Crippen molar-refractivity contribution in [1.82, 2.24) is 10.2 Å². The second-order valence-electron chi connectivity index (χ2n) is 7.30. The molecule has 1 amide bonds. The van der Waals surface area contributed by atoms with E-state index in [9.17, 15) is 9.59 Å². The van der Waals surface area contributed by atoms with Gasteiger partial charge in [0.05, 0.1) is 0 Å². The van der Waals surface area contributed by atoms with Gasteiger partial charge in [-0.1, -0.05) is 49.4 Å². The molecule has 3 rings (SSSR count). The third-order valence-electron chi connectivity index (χ3n) is 5.39. The van der Waals surface area contributed by atoms with Crippen LogP contribution < -0.4 is 10.6 Å². The number of carbonyl (C=O) groups excluding carboxylic acids is 2. The summed E-state index contributed by atoms with van der Waals surface area (Å²) in [6.07, 6.45) is 2.37. The first-order valence-corrected chi connectivity index (χ1v) is 10.0. The summed E-state index contributed by atoms with van der Waals surface area (Å²) >= 11 is 0. The molecule has 0 bridgehead atoms. The third-order valence-corrected chi connectivity index (χ3v) is 5.39. The van der Waals surface area contributed by atoms with Gasteiger partial charge in [-0.25, -0.2) is 0 Å². The highest BCUT2D eigenvalue weighted by Crippen LogP contribution is 2.20. The van der Waals surface area contributed by atoms with Gasteiger partial charge in [0, 0.05) is 23.8 Å². The Labute approximate surface area is 167 Å². The zero-order valence-corrected chi connectivity index (χ0v) is 16.7. The van der Waals surface area contributed by atoms with Crippen LogP contribution in [-0.4, -0.2) is 42.3 Å². The summed E-state index contributed by atoms with van der Waals surface area (Å²) in [5, 5.41) is 6.45. The zero-order valence-electron chi connectivity index (χ0n) is 16.7. The van der Waals surface area contributed by atoms with Crippen LogP contribution in [-0.2, 0) is 4.79 Å². The van der Waals surface area contributed by atoms with Gasteiger partial charge in [-0.3, -0.25) is 14.5 Å². The summed E-state index contributed by atoms with van der Waals surface area (Å²) < 4.78 is 0. The average Bonchev–Trinajstić information content (AvgIpc) is 3.16. The normalized spacial score (nSPS) is 18.0. The molecule has 5 nitrogen and oxygen atoms in total. The number of rotatable bonds is 8. The lowest BCUT2D eigenvalue weighted by Crippen LogP contribution is -2.42. The van der Waals surface area contributed by atoms with Crippen LogP contribution in [0.1, 0.15) is 48.7 Å². The number of ketones is 1. The first-order valence-electron chi connectivity index (χ1n) is 10.0. The van der Waals surface area contributed by atoms with E-state index in [1.54, 1.807) is 18.2 Å². The van der Waals surface area contributed by atoms with Gasteiger partial charge >= 0.3 is 0 Å². The van der Waals surface area contributed by atoms with Crippen LogP contribution in [0.15, 0.2) is 54.6 Å². The minimum absolute atomic E-state index is 0.0188. The number of likely N-dealkylation sites (tertiary alicyclic amines) is 1. The summed E-state index contributed by atoms with van der Waals surface area (Å²) in [6, 6.07) is 16.9. The van der Waals surface area contributed by atoms with Crippen molar-refractivity contribution in [2.24, 2.45) is 0 Å². The topological polar surface area (TPSA) is 61.4 Å². The molecule has 0 radical (unpaired) electrons. The summed E-state index contributed by atoms with van der Waals surface area (Å²) in [5.41, 5.74) is 2.16. The molecule has 1 aliphatic heterocycles. The zero-order chi connectivity index (χ0) is 19.9. The predicted octanol–water partition coefficient (Wildman–Crippen LogP) is 3.64. The smallest absolute Gasteiger partial charge is 0.246 e. The molecule has 2 aromatic carbocycles. The van der Waals surface area contributed by atoms with Crippen molar-refractivity contribution in [1.29, 1.82) is 0 Å². The van der Waals surface area contributed by atoms with Gasteiger partial charge in [0.25, 0.3) is 0 Å². The van der Waals surface area contributed by atoms with Crippen LogP contribution in [0.5, 0.6) is 0 Å². The minimum atomic E-state index is -0.443. The monoisotopic (exact) mass is 379 g/mol. The third kappa shape index (κ3) is 5.06. The van der Waals surface area contributed by atoms with Gasteiger partial charge in [0.2, 0.25) is 5.91 Å². The molecule has 28 heavy (non-hydrogen) atoms. The highest BCUT2D eigenvalue weighted by Gasteiger charge is 2.26. The van der Waals surface area contributed by atoms with Gasteiger partial charge < -0.3 is 10.6 Å². The molecule has 0 saturated carbocycles. The molecule has 2 aromatic rings. The van der Waals surface area contributed by atoms with Crippen LogP contribution in [0.2, 0.25) is 0 Å². The predicted molar refractivity (Wildman–Crippen MR) is 113 cm³/mol. The van der Waals surface area contributed by atoms with Crippen LogP contribution >= 0.6 is 0 Å². The summed E-state index contributed by atoms with van der Waals surface area (Å²) in [5.74, 6) is -0.136. The lowest BCUT2D eigenvalue weighted by Gasteiger charge is -2.26. The second-order valence-corrected chi connectivity index (χ2v) is 7.30. The molecule has 2 atom stereocenters. The number of nitrogens with zero attached hydrogens (tertiary/aromatic N) is 1. The highest BCUT2D eigenvalue weighted by atomic mass is 16.2. The van der Waals surface area contributed by atoms with E-state index in [-0.39, 0.29) is 11.7 Å². The Kier molecular flexibility index (Phi) is 6.95. The van der Waals surface area contributed by atoms with Gasteiger partial charge in [0.15, 0.2) is 5.78 Å². The molecule has 5 heteroatoms. The van der Waals surface area contributed by atoms with Crippen molar-refractivity contribution >= 4 is 17.4 Å². The summed E-state index contributed by atoms with van der Waals surface area (Å²) in [7, 11) is 0. The lowest BCUT2D eigenvalue weighted by atomic mass is 10.0. The van der Waals surface area contributed by atoms with Crippen molar-refractivity contribution in [2.75, 3.05) is 25.0 Å². The number of hydrogen-bond donors (Lipinski definition) is 2. The molecular weight excluding hydrogens is 350 g/mol. The number of anilines is 1. The molecule has 2 N–H and O–H groups in total. The minimum Gasteiger partial charge on any atom is -0.324 e. The van der Waals surface area contributed by atoms with Crippen LogP contribution in [0.3, 0.4) is 0 Å². The first kappa shape index (κ1) is 20.2. The van der Waals surface area contributed by atoms with E-state index in [0.29, 0.717) is 17.3 Å². The molecule has 0 spiro atoms. The number of hydrogen-bond acceptors (Lipinski definition) is 4. The fraction of sp³-hybridized carbons (Fsp3) is 0.391. The molecular formula is C23H29N3O2. The maximum Gasteiger partial charge on any atom is 0.246 e. The highest BCUT2D eigenvalue weighted by molar-refractivity contribution is 5.98. The van der Waals surface area contributed by atoms with Crippen molar-refractivity contribution < 1.29 is 9.59 Å². The van der Waals surface area contributed by atoms with Crippen molar-refractivity contribution in [3.8, 4) is 0 Å². The number of amides is 1. The average molecular weight is 380 g/mol. The summed E-state index contributed by atoms with van der Waals surface area (Å²) in [6.45, 7) is 6.64. The van der Waals surface area contributed by atoms with Gasteiger partial charge in [-0.15, -0.1) is 0 Å². The Morgan fingerprint density at radius 1 is 1.14 bits per heavy atom. The van der Waals surface area contributed by atoms with Crippen LogP contribution in [0, 0.1) is 0 Å². The standard InChI is InChI=1S/C23H29N3O2/c1-3-26-14-8-13-21(26)16-24-22(18-9-5-4-6-10-18)23(28)25-20-12-7-11-19(15-20)17(2)27/h4-7,9-12,15,21-22,24H,3,8,13-14,16H2,1-2H3,(H,25,28)/t21-,22+/m1/s1. The van der Waals surface area contributed by atoms with Crippen molar-refractivity contribution in [3.05, 3.63) is 65.7 Å². The van der Waals surface area contributed by atoms with Crippen LogP contribution in [0.25, 0.3) is 0 Å². The van der Waals surface area contributed by atoms with Gasteiger partial charge in [-0.05, 0) is 50.6 Å². The molecule has 1 aliphatic rings. The number of likely N-dealkylation sites (N-methyl/N-ethyl adjacent to an activating group) is 1. The molecule has 1 heterocycles. The number of nitrogens with one attached hydrogen (secondary N) is 2. The quantitative estimate of drug-likeness (QED) is 0.688. The Bertz CT molecular complexity index is 807. The molecule has 0 aliphatic carbocycles. The maximum atomic E-state index is 13.1. The van der Waals surface area contributed by atoms with E-state index >= 15 is 0 Å². The molecule has 148 valence electrons. The summed E-state index contributed by atoms with van der Waals surface area (Å²) in [4.78, 5) is 27.2. The first-order chi connectivity index (χ1) is 13.6. The maximum absolute atomic E-state index is 13.1.